The number of halogens is 1. The van der Waals surface area contributed by atoms with E-state index < -0.39 is 17.9 Å². The van der Waals surface area contributed by atoms with Crippen LogP contribution in [0.1, 0.15) is 55.1 Å². The van der Waals surface area contributed by atoms with Crippen LogP contribution in [0.25, 0.3) is 0 Å². The molecule has 2 amide bonds. The second-order valence-corrected chi connectivity index (χ2v) is 7.45. The van der Waals surface area contributed by atoms with Gasteiger partial charge in [0.25, 0.3) is 11.8 Å². The first-order chi connectivity index (χ1) is 14.4. The molecule has 0 saturated heterocycles. The maximum Gasteiger partial charge on any atom is 0.308 e. The Morgan fingerprint density at radius 2 is 1.67 bits per heavy atom. The first-order valence-corrected chi connectivity index (χ1v) is 10.3. The summed E-state index contributed by atoms with van der Waals surface area (Å²) in [7, 11) is 0. The van der Waals surface area contributed by atoms with Gasteiger partial charge in [-0.1, -0.05) is 67.4 Å². The number of carbonyl (C=O) groups is 3. The van der Waals surface area contributed by atoms with Crippen LogP contribution in [-0.2, 0) is 14.3 Å². The largest absolute Gasteiger partial charge is 0.456 e. The highest BCUT2D eigenvalue weighted by Gasteiger charge is 2.21. The summed E-state index contributed by atoms with van der Waals surface area (Å²) in [5.41, 5.74) is 1.06. The van der Waals surface area contributed by atoms with E-state index in [1.807, 2.05) is 44.2 Å². The van der Waals surface area contributed by atoms with Crippen LogP contribution in [0.15, 0.2) is 54.6 Å². The lowest BCUT2D eigenvalue weighted by atomic mass is 10.0. The zero-order chi connectivity index (χ0) is 21.9. The number of carbonyl (C=O) groups excluding carboxylic acids is 3. The molecule has 2 aromatic rings. The molecule has 2 N–H and O–H groups in total. The van der Waals surface area contributed by atoms with Gasteiger partial charge in [-0.15, -0.1) is 0 Å². The van der Waals surface area contributed by atoms with Gasteiger partial charge in [0, 0.05) is 6.04 Å². The summed E-state index contributed by atoms with van der Waals surface area (Å²) in [6.07, 6.45) is 1.69. The number of esters is 1. The minimum absolute atomic E-state index is 0.0215. The smallest absolute Gasteiger partial charge is 0.308 e. The Morgan fingerprint density at radius 3 is 2.33 bits per heavy atom. The molecule has 2 atom stereocenters. The molecule has 0 bridgehead atoms. The van der Waals surface area contributed by atoms with E-state index in [1.165, 1.54) is 0 Å². The van der Waals surface area contributed by atoms with E-state index in [9.17, 15) is 14.4 Å². The lowest BCUT2D eigenvalue weighted by Crippen LogP contribution is -2.36. The summed E-state index contributed by atoms with van der Waals surface area (Å²) in [5.74, 6) is -1.32. The number of hydrogen-bond acceptors (Lipinski definition) is 4. The molecule has 30 heavy (non-hydrogen) atoms. The summed E-state index contributed by atoms with van der Waals surface area (Å²) in [4.78, 5) is 36.9. The molecule has 2 aromatic carbocycles. The minimum Gasteiger partial charge on any atom is -0.456 e. The number of nitrogens with one attached hydrogen (secondary N) is 2. The van der Waals surface area contributed by atoms with Crippen LogP contribution in [0.5, 0.6) is 0 Å². The third-order valence-electron chi connectivity index (χ3n) is 4.49. The third-order valence-corrected chi connectivity index (χ3v) is 4.82. The van der Waals surface area contributed by atoms with Crippen LogP contribution < -0.4 is 10.6 Å². The van der Waals surface area contributed by atoms with E-state index in [1.54, 1.807) is 24.3 Å². The highest BCUT2D eigenvalue weighted by atomic mass is 35.5. The molecule has 0 aliphatic heterocycles. The number of ether oxygens (including phenoxy) is 1. The van der Waals surface area contributed by atoms with E-state index in [-0.39, 0.29) is 25.0 Å². The van der Waals surface area contributed by atoms with Crippen molar-refractivity contribution in [3.63, 3.8) is 0 Å². The van der Waals surface area contributed by atoms with Crippen molar-refractivity contribution < 1.29 is 19.1 Å². The van der Waals surface area contributed by atoms with Crippen molar-refractivity contribution in [3.8, 4) is 0 Å². The van der Waals surface area contributed by atoms with E-state index in [2.05, 4.69) is 10.6 Å². The predicted octanol–water partition coefficient (Wildman–Crippen LogP) is 4.05. The molecule has 7 heteroatoms. The van der Waals surface area contributed by atoms with Gasteiger partial charge in [-0.05, 0) is 31.0 Å². The Balaban J connectivity index is 2.00. The van der Waals surface area contributed by atoms with Crippen LogP contribution in [0, 0.1) is 0 Å². The van der Waals surface area contributed by atoms with Crippen LogP contribution in [0.4, 0.5) is 0 Å². The molecular weight excluding hydrogens is 404 g/mol. The Morgan fingerprint density at radius 1 is 1.00 bits per heavy atom. The third kappa shape index (κ3) is 7.52. The van der Waals surface area contributed by atoms with Crippen molar-refractivity contribution in [2.75, 3.05) is 6.61 Å². The van der Waals surface area contributed by atoms with Gasteiger partial charge >= 0.3 is 5.97 Å². The van der Waals surface area contributed by atoms with Gasteiger partial charge in [-0.25, -0.2) is 0 Å². The standard InChI is InChI=1S/C23H27ClN2O4/c1-3-9-16(2)25-21(27)15-30-22(28)14-20(17-10-5-4-6-11-17)26-23(29)18-12-7-8-13-19(18)24/h4-8,10-13,16,20H,3,9,14-15H2,1-2H3,(H,25,27)(H,26,29)/t16-,20-/m0/s1. The van der Waals surface area contributed by atoms with Crippen molar-refractivity contribution in [2.45, 2.75) is 45.2 Å². The molecule has 160 valence electrons. The molecule has 0 aromatic heterocycles. The average Bonchev–Trinajstić information content (AvgIpc) is 2.73. The summed E-state index contributed by atoms with van der Waals surface area (Å²) in [6, 6.07) is 15.2. The van der Waals surface area contributed by atoms with E-state index in [0.29, 0.717) is 10.6 Å². The van der Waals surface area contributed by atoms with Crippen molar-refractivity contribution >= 4 is 29.4 Å². The second-order valence-electron chi connectivity index (χ2n) is 7.04. The molecule has 0 saturated carbocycles. The number of hydrogen-bond donors (Lipinski definition) is 2. The fourth-order valence-electron chi connectivity index (χ4n) is 3.01. The number of rotatable bonds is 10. The zero-order valence-corrected chi connectivity index (χ0v) is 17.9. The molecule has 0 unspecified atom stereocenters. The molecule has 2 rings (SSSR count). The van der Waals surface area contributed by atoms with Crippen LogP contribution in [0.2, 0.25) is 5.02 Å². The Bertz CT molecular complexity index is 857. The molecule has 0 radical (unpaired) electrons. The molecule has 0 aliphatic carbocycles. The lowest BCUT2D eigenvalue weighted by molar-refractivity contribution is -0.149. The molecule has 0 spiro atoms. The summed E-state index contributed by atoms with van der Waals surface area (Å²) >= 11 is 6.11. The molecular formula is C23H27ClN2O4. The van der Waals surface area contributed by atoms with Crippen molar-refractivity contribution in [1.82, 2.24) is 10.6 Å². The Labute approximate surface area is 182 Å². The summed E-state index contributed by atoms with van der Waals surface area (Å²) in [6.45, 7) is 3.58. The summed E-state index contributed by atoms with van der Waals surface area (Å²) in [5, 5.41) is 5.94. The maximum absolute atomic E-state index is 12.7. The SMILES string of the molecule is CCC[C@H](C)NC(=O)COC(=O)C[C@H](NC(=O)c1ccccc1Cl)c1ccccc1. The van der Waals surface area contributed by atoms with E-state index in [0.717, 1.165) is 18.4 Å². The van der Waals surface area contributed by atoms with Gasteiger partial charge in [-0.3, -0.25) is 14.4 Å². The number of benzene rings is 2. The fourth-order valence-corrected chi connectivity index (χ4v) is 3.23. The predicted molar refractivity (Wildman–Crippen MR) is 116 cm³/mol. The fraction of sp³-hybridized carbons (Fsp3) is 0.348. The Kier molecular flexibility index (Phi) is 9.35. The van der Waals surface area contributed by atoms with Gasteiger partial charge in [0.15, 0.2) is 6.61 Å². The second kappa shape index (κ2) is 12.0. The zero-order valence-electron chi connectivity index (χ0n) is 17.2. The first kappa shape index (κ1) is 23.4. The average molecular weight is 431 g/mol. The molecule has 0 aliphatic rings. The first-order valence-electron chi connectivity index (χ1n) is 9.96. The minimum atomic E-state index is -0.621. The molecule has 0 heterocycles. The van der Waals surface area contributed by atoms with Crippen LogP contribution in [-0.4, -0.2) is 30.4 Å². The van der Waals surface area contributed by atoms with Gasteiger partial charge in [-0.2, -0.15) is 0 Å². The maximum atomic E-state index is 12.7. The van der Waals surface area contributed by atoms with Gasteiger partial charge in [0.2, 0.25) is 0 Å². The lowest BCUT2D eigenvalue weighted by Gasteiger charge is -2.19. The van der Waals surface area contributed by atoms with Crippen LogP contribution in [0.3, 0.4) is 0 Å². The Hall–Kier alpha value is -2.86. The van der Waals surface area contributed by atoms with E-state index >= 15 is 0 Å². The monoisotopic (exact) mass is 430 g/mol. The molecule has 6 nitrogen and oxygen atoms in total. The summed E-state index contributed by atoms with van der Waals surface area (Å²) < 4.78 is 5.12. The molecule has 0 fully saturated rings. The highest BCUT2D eigenvalue weighted by molar-refractivity contribution is 6.33. The van der Waals surface area contributed by atoms with Gasteiger partial charge in [0.1, 0.15) is 0 Å². The quantitative estimate of drug-likeness (QED) is 0.557. The number of amides is 2. The van der Waals surface area contributed by atoms with Gasteiger partial charge < -0.3 is 15.4 Å². The van der Waals surface area contributed by atoms with Crippen LogP contribution >= 0.6 is 11.6 Å². The van der Waals surface area contributed by atoms with Gasteiger partial charge in [0.05, 0.1) is 23.0 Å². The topological polar surface area (TPSA) is 84.5 Å². The van der Waals surface area contributed by atoms with Crippen molar-refractivity contribution in [3.05, 3.63) is 70.7 Å². The van der Waals surface area contributed by atoms with E-state index in [4.69, 9.17) is 16.3 Å². The highest BCUT2D eigenvalue weighted by Crippen LogP contribution is 2.20. The normalized spacial score (nSPS) is 12.5. The van der Waals surface area contributed by atoms with Crippen molar-refractivity contribution in [1.29, 1.82) is 0 Å². The van der Waals surface area contributed by atoms with Crippen molar-refractivity contribution in [2.24, 2.45) is 0 Å².